The molecule has 1 N–H and O–H groups in total. The molecule has 2 heterocycles. The van der Waals surface area contributed by atoms with Gasteiger partial charge in [0.1, 0.15) is 11.8 Å². The lowest BCUT2D eigenvalue weighted by molar-refractivity contribution is -0.125. The quantitative estimate of drug-likeness (QED) is 0.634. The lowest BCUT2D eigenvalue weighted by Crippen LogP contribution is -2.45. The lowest BCUT2D eigenvalue weighted by Gasteiger charge is -2.24. The first-order valence-corrected chi connectivity index (χ1v) is 11.2. The van der Waals surface area contributed by atoms with Gasteiger partial charge in [-0.3, -0.25) is 9.59 Å². The van der Waals surface area contributed by atoms with Crippen molar-refractivity contribution in [3.63, 3.8) is 0 Å². The average Bonchev–Trinajstić information content (AvgIpc) is 3.46. The van der Waals surface area contributed by atoms with Gasteiger partial charge in [0.25, 0.3) is 5.91 Å². The minimum Gasteiger partial charge on any atom is -0.497 e. The van der Waals surface area contributed by atoms with Crippen LogP contribution in [0.4, 0.5) is 0 Å². The maximum atomic E-state index is 13.0. The van der Waals surface area contributed by atoms with E-state index in [1.54, 1.807) is 47.6 Å². The third-order valence-corrected chi connectivity index (χ3v) is 6.54. The maximum absolute atomic E-state index is 13.0. The van der Waals surface area contributed by atoms with E-state index >= 15 is 0 Å². The van der Waals surface area contributed by atoms with E-state index in [2.05, 4.69) is 22.4 Å². The zero-order valence-corrected chi connectivity index (χ0v) is 18.4. The number of aromatic nitrogens is 1. The SMILES string of the molecule is COc1cccc(C(=O)N2CCC[C@H]2C(=O)NCc2ccc(-c3scnc3C)cc2)c1. The molecule has 2 aromatic carbocycles. The second-order valence-electron chi connectivity index (χ2n) is 7.57. The van der Waals surface area contributed by atoms with Gasteiger partial charge in [-0.1, -0.05) is 30.3 Å². The molecule has 3 aromatic rings. The third kappa shape index (κ3) is 4.61. The summed E-state index contributed by atoms with van der Waals surface area (Å²) in [5, 5.41) is 3.00. The molecular weight excluding hydrogens is 410 g/mol. The van der Waals surface area contributed by atoms with Crippen LogP contribution in [0.25, 0.3) is 10.4 Å². The van der Waals surface area contributed by atoms with Crippen LogP contribution in [0.5, 0.6) is 5.75 Å². The number of methoxy groups -OCH3 is 1. The molecule has 0 radical (unpaired) electrons. The van der Waals surface area contributed by atoms with E-state index in [1.165, 1.54) is 0 Å². The van der Waals surface area contributed by atoms with Gasteiger partial charge < -0.3 is 15.0 Å². The van der Waals surface area contributed by atoms with E-state index in [-0.39, 0.29) is 11.8 Å². The molecule has 7 heteroatoms. The van der Waals surface area contributed by atoms with E-state index < -0.39 is 6.04 Å². The summed E-state index contributed by atoms with van der Waals surface area (Å²) >= 11 is 1.62. The number of carbonyl (C=O) groups is 2. The first-order valence-electron chi connectivity index (χ1n) is 10.3. The van der Waals surface area contributed by atoms with Crippen LogP contribution in [0.2, 0.25) is 0 Å². The summed E-state index contributed by atoms with van der Waals surface area (Å²) in [4.78, 5) is 32.9. The highest BCUT2D eigenvalue weighted by molar-refractivity contribution is 7.13. The van der Waals surface area contributed by atoms with Crippen molar-refractivity contribution in [1.82, 2.24) is 15.2 Å². The molecule has 1 aliphatic heterocycles. The van der Waals surface area contributed by atoms with Crippen molar-refractivity contribution in [1.29, 1.82) is 0 Å². The highest BCUT2D eigenvalue weighted by Gasteiger charge is 2.34. The molecule has 0 unspecified atom stereocenters. The van der Waals surface area contributed by atoms with Crippen LogP contribution in [0, 0.1) is 6.92 Å². The predicted octanol–water partition coefficient (Wildman–Crippen LogP) is 4.05. The Balaban J connectivity index is 1.38. The normalized spacial score (nSPS) is 15.7. The van der Waals surface area contributed by atoms with Crippen LogP contribution < -0.4 is 10.1 Å². The van der Waals surface area contributed by atoms with Crippen molar-refractivity contribution in [3.8, 4) is 16.2 Å². The number of hydrogen-bond donors (Lipinski definition) is 1. The summed E-state index contributed by atoms with van der Waals surface area (Å²) in [5.74, 6) is 0.375. The van der Waals surface area contributed by atoms with Gasteiger partial charge in [-0.15, -0.1) is 11.3 Å². The molecule has 1 aliphatic rings. The summed E-state index contributed by atoms with van der Waals surface area (Å²) in [6.07, 6.45) is 1.49. The monoisotopic (exact) mass is 435 g/mol. The molecule has 1 aromatic heterocycles. The number of aryl methyl sites for hydroxylation is 1. The van der Waals surface area contributed by atoms with E-state index in [0.29, 0.717) is 30.8 Å². The lowest BCUT2D eigenvalue weighted by atomic mass is 10.1. The molecule has 0 saturated carbocycles. The fourth-order valence-electron chi connectivity index (χ4n) is 3.86. The molecule has 31 heavy (non-hydrogen) atoms. The number of hydrogen-bond acceptors (Lipinski definition) is 5. The number of thiazole rings is 1. The van der Waals surface area contributed by atoms with Gasteiger partial charge in [-0.05, 0) is 49.1 Å². The van der Waals surface area contributed by atoms with E-state index in [4.69, 9.17) is 4.74 Å². The zero-order valence-electron chi connectivity index (χ0n) is 17.6. The average molecular weight is 436 g/mol. The summed E-state index contributed by atoms with van der Waals surface area (Å²) in [6.45, 7) is 3.01. The van der Waals surface area contributed by atoms with Crippen LogP contribution >= 0.6 is 11.3 Å². The van der Waals surface area contributed by atoms with Crippen molar-refractivity contribution >= 4 is 23.2 Å². The molecular formula is C24H25N3O3S. The molecule has 0 bridgehead atoms. The Bertz CT molecular complexity index is 1080. The summed E-state index contributed by atoms with van der Waals surface area (Å²) in [7, 11) is 1.57. The minimum atomic E-state index is -0.446. The Labute approximate surface area is 185 Å². The Hall–Kier alpha value is -3.19. The van der Waals surface area contributed by atoms with Gasteiger partial charge in [0.15, 0.2) is 0 Å². The topological polar surface area (TPSA) is 71.5 Å². The molecule has 1 saturated heterocycles. The van der Waals surface area contributed by atoms with Crippen molar-refractivity contribution in [2.45, 2.75) is 32.4 Å². The van der Waals surface area contributed by atoms with E-state index in [0.717, 1.165) is 28.1 Å². The summed E-state index contributed by atoms with van der Waals surface area (Å²) < 4.78 is 5.22. The number of nitrogens with one attached hydrogen (secondary N) is 1. The van der Waals surface area contributed by atoms with Crippen LogP contribution in [0.15, 0.2) is 54.0 Å². The van der Waals surface area contributed by atoms with Crippen molar-refractivity contribution < 1.29 is 14.3 Å². The Morgan fingerprint density at radius 3 is 2.74 bits per heavy atom. The second-order valence-corrected chi connectivity index (χ2v) is 8.42. The van der Waals surface area contributed by atoms with Crippen LogP contribution in [0.1, 0.15) is 34.5 Å². The number of benzene rings is 2. The molecule has 6 nitrogen and oxygen atoms in total. The maximum Gasteiger partial charge on any atom is 0.254 e. The first kappa shape index (κ1) is 21.1. The Morgan fingerprint density at radius 1 is 1.23 bits per heavy atom. The number of likely N-dealkylation sites (tertiary alicyclic amines) is 1. The molecule has 0 aliphatic carbocycles. The smallest absolute Gasteiger partial charge is 0.254 e. The molecule has 1 fully saturated rings. The van der Waals surface area contributed by atoms with Gasteiger partial charge in [0.2, 0.25) is 5.91 Å². The zero-order chi connectivity index (χ0) is 21.8. The molecule has 0 spiro atoms. The highest BCUT2D eigenvalue weighted by Crippen LogP contribution is 2.27. The van der Waals surface area contributed by atoms with Crippen molar-refractivity contribution in [2.24, 2.45) is 0 Å². The number of nitrogens with zero attached hydrogens (tertiary/aromatic N) is 2. The van der Waals surface area contributed by atoms with Crippen LogP contribution in [0.3, 0.4) is 0 Å². The molecule has 1 atom stereocenters. The number of rotatable bonds is 6. The van der Waals surface area contributed by atoms with Crippen LogP contribution in [-0.2, 0) is 11.3 Å². The number of carbonyl (C=O) groups excluding carboxylic acids is 2. The van der Waals surface area contributed by atoms with Gasteiger partial charge in [-0.25, -0.2) is 4.98 Å². The first-order chi connectivity index (χ1) is 15.1. The molecule has 160 valence electrons. The standard InChI is InChI=1S/C24H25N3O3S/c1-16-22(31-15-26-16)18-10-8-17(9-11-18)14-25-23(28)21-7-4-12-27(21)24(29)19-5-3-6-20(13-19)30-2/h3,5-6,8-11,13,15,21H,4,7,12,14H2,1-2H3,(H,25,28)/t21-/m0/s1. The van der Waals surface area contributed by atoms with Gasteiger partial charge in [0.05, 0.1) is 23.2 Å². The van der Waals surface area contributed by atoms with Crippen molar-refractivity contribution in [3.05, 3.63) is 70.9 Å². The molecule has 2 amide bonds. The van der Waals surface area contributed by atoms with Gasteiger partial charge in [0, 0.05) is 18.7 Å². The predicted molar refractivity (Wildman–Crippen MR) is 121 cm³/mol. The van der Waals surface area contributed by atoms with Crippen LogP contribution in [-0.4, -0.2) is 41.4 Å². The van der Waals surface area contributed by atoms with Gasteiger partial charge >= 0.3 is 0 Å². The summed E-state index contributed by atoms with van der Waals surface area (Å²) in [5.41, 5.74) is 5.55. The van der Waals surface area contributed by atoms with Gasteiger partial charge in [-0.2, -0.15) is 0 Å². The summed E-state index contributed by atoms with van der Waals surface area (Å²) in [6, 6.07) is 14.7. The number of amides is 2. The fraction of sp³-hybridized carbons (Fsp3) is 0.292. The molecule has 4 rings (SSSR count). The third-order valence-electron chi connectivity index (χ3n) is 5.56. The number of ether oxygens (including phenoxy) is 1. The largest absolute Gasteiger partial charge is 0.497 e. The Kier molecular flexibility index (Phi) is 6.32. The minimum absolute atomic E-state index is 0.115. The van der Waals surface area contributed by atoms with Crippen molar-refractivity contribution in [2.75, 3.05) is 13.7 Å². The fourth-order valence-corrected chi connectivity index (χ4v) is 4.68. The Morgan fingerprint density at radius 2 is 2.03 bits per heavy atom. The second kappa shape index (κ2) is 9.31. The van der Waals surface area contributed by atoms with E-state index in [9.17, 15) is 9.59 Å². The highest BCUT2D eigenvalue weighted by atomic mass is 32.1. The van der Waals surface area contributed by atoms with E-state index in [1.807, 2.05) is 24.6 Å².